The third-order valence-electron chi connectivity index (χ3n) is 2.87. The van der Waals surface area contributed by atoms with Gasteiger partial charge in [-0.15, -0.1) is 0 Å². The van der Waals surface area contributed by atoms with Gasteiger partial charge in [0.15, 0.2) is 0 Å². The molecule has 0 saturated carbocycles. The van der Waals surface area contributed by atoms with E-state index in [0.717, 1.165) is 12.2 Å². The number of anilines is 1. The first-order chi connectivity index (χ1) is 9.60. The standard InChI is InChI=1S/C15H23FN2OS/c1-4-8-17-14-12(6-5-7-13(14)16)15(19)18-9-11(2)10-20-3/h5-7,11,17H,4,8-10H2,1-3H3,(H,18,19). The van der Waals surface area contributed by atoms with Crippen molar-refractivity contribution in [2.45, 2.75) is 20.3 Å². The van der Waals surface area contributed by atoms with Gasteiger partial charge in [0.05, 0.1) is 11.3 Å². The summed E-state index contributed by atoms with van der Waals surface area (Å²) in [7, 11) is 0. The molecule has 5 heteroatoms. The SMILES string of the molecule is CCCNc1c(F)cccc1C(=O)NCC(C)CSC. The van der Waals surface area contributed by atoms with Crippen molar-refractivity contribution in [3.63, 3.8) is 0 Å². The van der Waals surface area contributed by atoms with Gasteiger partial charge in [-0.25, -0.2) is 4.39 Å². The third-order valence-corrected chi connectivity index (χ3v) is 3.77. The smallest absolute Gasteiger partial charge is 0.253 e. The number of hydrogen-bond donors (Lipinski definition) is 2. The van der Waals surface area contributed by atoms with Crippen molar-refractivity contribution in [3.05, 3.63) is 29.6 Å². The maximum Gasteiger partial charge on any atom is 0.253 e. The van der Waals surface area contributed by atoms with Crippen molar-refractivity contribution in [2.24, 2.45) is 5.92 Å². The Kier molecular flexibility index (Phi) is 7.44. The fourth-order valence-corrected chi connectivity index (χ4v) is 2.54. The molecule has 0 aliphatic rings. The maximum atomic E-state index is 13.8. The molecule has 0 heterocycles. The maximum absolute atomic E-state index is 13.8. The Balaban J connectivity index is 2.74. The summed E-state index contributed by atoms with van der Waals surface area (Å²) in [5, 5.41) is 5.85. The van der Waals surface area contributed by atoms with E-state index in [-0.39, 0.29) is 11.7 Å². The van der Waals surface area contributed by atoms with Crippen molar-refractivity contribution in [3.8, 4) is 0 Å². The summed E-state index contributed by atoms with van der Waals surface area (Å²) in [5.74, 6) is 0.776. The molecule has 0 radical (unpaired) electrons. The van der Waals surface area contributed by atoms with Gasteiger partial charge in [0, 0.05) is 13.1 Å². The highest BCUT2D eigenvalue weighted by Crippen LogP contribution is 2.20. The minimum absolute atomic E-state index is 0.226. The number of halogens is 1. The average molecular weight is 298 g/mol. The number of para-hydroxylation sites is 1. The summed E-state index contributed by atoms with van der Waals surface area (Å²) in [5.41, 5.74) is 0.666. The van der Waals surface area contributed by atoms with Gasteiger partial charge >= 0.3 is 0 Å². The molecular formula is C15H23FN2OS. The van der Waals surface area contributed by atoms with E-state index < -0.39 is 0 Å². The van der Waals surface area contributed by atoms with Gasteiger partial charge in [-0.2, -0.15) is 11.8 Å². The second-order valence-corrected chi connectivity index (χ2v) is 5.77. The lowest BCUT2D eigenvalue weighted by Gasteiger charge is -2.14. The molecule has 20 heavy (non-hydrogen) atoms. The van der Waals surface area contributed by atoms with Gasteiger partial charge in [-0.1, -0.05) is 19.9 Å². The van der Waals surface area contributed by atoms with Crippen molar-refractivity contribution in [1.82, 2.24) is 5.32 Å². The monoisotopic (exact) mass is 298 g/mol. The van der Waals surface area contributed by atoms with E-state index in [2.05, 4.69) is 17.6 Å². The van der Waals surface area contributed by atoms with Crippen LogP contribution in [0.1, 0.15) is 30.6 Å². The Bertz CT molecular complexity index is 440. The second kappa shape index (κ2) is 8.84. The lowest BCUT2D eigenvalue weighted by molar-refractivity contribution is 0.0949. The third kappa shape index (κ3) is 5.04. The van der Waals surface area contributed by atoms with E-state index >= 15 is 0 Å². The van der Waals surface area contributed by atoms with Gasteiger partial charge < -0.3 is 10.6 Å². The first kappa shape index (κ1) is 16.8. The molecule has 2 N–H and O–H groups in total. The highest BCUT2D eigenvalue weighted by atomic mass is 32.2. The molecule has 1 atom stereocenters. The van der Waals surface area contributed by atoms with Crippen molar-refractivity contribution >= 4 is 23.4 Å². The molecular weight excluding hydrogens is 275 g/mol. The lowest BCUT2D eigenvalue weighted by Crippen LogP contribution is -2.30. The highest BCUT2D eigenvalue weighted by Gasteiger charge is 2.15. The molecule has 1 aromatic carbocycles. The van der Waals surface area contributed by atoms with Crippen LogP contribution in [0.5, 0.6) is 0 Å². The van der Waals surface area contributed by atoms with E-state index in [1.165, 1.54) is 6.07 Å². The van der Waals surface area contributed by atoms with Crippen LogP contribution in [-0.2, 0) is 0 Å². The van der Waals surface area contributed by atoms with Gasteiger partial charge in [0.2, 0.25) is 0 Å². The number of thioether (sulfide) groups is 1. The van der Waals surface area contributed by atoms with Crippen LogP contribution in [-0.4, -0.2) is 31.0 Å². The number of hydrogen-bond acceptors (Lipinski definition) is 3. The molecule has 0 fully saturated rings. The Morgan fingerprint density at radius 3 is 2.85 bits per heavy atom. The number of benzene rings is 1. The predicted octanol–water partition coefficient (Wildman–Crippen LogP) is 3.38. The molecule has 0 saturated heterocycles. The molecule has 0 aliphatic carbocycles. The molecule has 0 bridgehead atoms. The summed E-state index contributed by atoms with van der Waals surface area (Å²) in [6, 6.07) is 4.58. The molecule has 1 rings (SSSR count). The van der Waals surface area contributed by atoms with Crippen LogP contribution in [0.4, 0.5) is 10.1 Å². The van der Waals surface area contributed by atoms with Crippen LogP contribution in [0.15, 0.2) is 18.2 Å². The number of rotatable bonds is 8. The van der Waals surface area contributed by atoms with Crippen LogP contribution in [0, 0.1) is 11.7 Å². The van der Waals surface area contributed by atoms with E-state index in [1.807, 2.05) is 13.2 Å². The Hall–Kier alpha value is -1.23. The molecule has 3 nitrogen and oxygen atoms in total. The van der Waals surface area contributed by atoms with E-state index in [4.69, 9.17) is 0 Å². The zero-order valence-corrected chi connectivity index (χ0v) is 13.1. The van der Waals surface area contributed by atoms with Crippen molar-refractivity contribution in [2.75, 3.05) is 30.4 Å². The molecule has 112 valence electrons. The summed E-state index contributed by atoms with van der Waals surface area (Å²) in [6.45, 7) is 5.32. The Labute approximate surface area is 124 Å². The van der Waals surface area contributed by atoms with E-state index in [1.54, 1.807) is 23.9 Å². The minimum Gasteiger partial charge on any atom is -0.382 e. The van der Waals surface area contributed by atoms with Crippen molar-refractivity contribution < 1.29 is 9.18 Å². The largest absolute Gasteiger partial charge is 0.382 e. The van der Waals surface area contributed by atoms with E-state index in [0.29, 0.717) is 30.3 Å². The molecule has 0 aliphatic heterocycles. The minimum atomic E-state index is -0.386. The summed E-state index contributed by atoms with van der Waals surface area (Å²) in [6.07, 6.45) is 2.91. The normalized spacial score (nSPS) is 12.0. The van der Waals surface area contributed by atoms with Crippen molar-refractivity contribution in [1.29, 1.82) is 0 Å². The summed E-state index contributed by atoms with van der Waals surface area (Å²) >= 11 is 1.75. The Morgan fingerprint density at radius 2 is 2.20 bits per heavy atom. The highest BCUT2D eigenvalue weighted by molar-refractivity contribution is 7.98. The number of nitrogens with one attached hydrogen (secondary N) is 2. The Morgan fingerprint density at radius 1 is 1.45 bits per heavy atom. The second-order valence-electron chi connectivity index (χ2n) is 4.86. The molecule has 1 unspecified atom stereocenters. The fourth-order valence-electron chi connectivity index (χ4n) is 1.85. The first-order valence-corrected chi connectivity index (χ1v) is 8.29. The number of amides is 1. The van der Waals surface area contributed by atoms with Gasteiger partial charge in [0.1, 0.15) is 5.82 Å². The first-order valence-electron chi connectivity index (χ1n) is 6.89. The summed E-state index contributed by atoms with van der Waals surface area (Å²) in [4.78, 5) is 12.2. The fraction of sp³-hybridized carbons (Fsp3) is 0.533. The summed E-state index contributed by atoms with van der Waals surface area (Å²) < 4.78 is 13.8. The number of carbonyl (C=O) groups is 1. The van der Waals surface area contributed by atoms with Gasteiger partial charge in [-0.3, -0.25) is 4.79 Å². The van der Waals surface area contributed by atoms with Gasteiger partial charge in [0.25, 0.3) is 5.91 Å². The van der Waals surface area contributed by atoms with Crippen LogP contribution in [0.25, 0.3) is 0 Å². The zero-order chi connectivity index (χ0) is 15.0. The molecule has 1 aromatic rings. The lowest BCUT2D eigenvalue weighted by atomic mass is 10.1. The average Bonchev–Trinajstić information content (AvgIpc) is 2.43. The van der Waals surface area contributed by atoms with Crippen LogP contribution in [0.3, 0.4) is 0 Å². The molecule has 0 spiro atoms. The van der Waals surface area contributed by atoms with E-state index in [9.17, 15) is 9.18 Å². The quantitative estimate of drug-likeness (QED) is 0.773. The molecule has 0 aromatic heterocycles. The van der Waals surface area contributed by atoms with Crippen LogP contribution in [0.2, 0.25) is 0 Å². The van der Waals surface area contributed by atoms with Gasteiger partial charge in [-0.05, 0) is 36.5 Å². The predicted molar refractivity (Wildman–Crippen MR) is 85.1 cm³/mol. The van der Waals surface area contributed by atoms with Crippen LogP contribution < -0.4 is 10.6 Å². The number of carbonyl (C=O) groups excluding carboxylic acids is 1. The zero-order valence-electron chi connectivity index (χ0n) is 12.3. The topological polar surface area (TPSA) is 41.1 Å². The molecule has 1 amide bonds. The van der Waals surface area contributed by atoms with Crippen LogP contribution >= 0.6 is 11.8 Å².